The van der Waals surface area contributed by atoms with E-state index in [4.69, 9.17) is 9.15 Å². The van der Waals surface area contributed by atoms with Crippen LogP contribution in [0.25, 0.3) is 11.5 Å². The van der Waals surface area contributed by atoms with Crippen LogP contribution in [0.5, 0.6) is 5.75 Å². The third kappa shape index (κ3) is 3.27. The summed E-state index contributed by atoms with van der Waals surface area (Å²) in [6.45, 7) is 4.97. The van der Waals surface area contributed by atoms with Crippen LogP contribution >= 0.6 is 0 Å². The van der Waals surface area contributed by atoms with E-state index in [1.807, 2.05) is 30.0 Å². The van der Waals surface area contributed by atoms with Gasteiger partial charge >= 0.3 is 6.01 Å². The van der Waals surface area contributed by atoms with Crippen molar-refractivity contribution in [1.82, 2.24) is 15.1 Å². The van der Waals surface area contributed by atoms with Crippen LogP contribution in [0.15, 0.2) is 22.6 Å². The average molecular weight is 383 g/mol. The maximum Gasteiger partial charge on any atom is 0.316 e. The number of nitrogens with one attached hydrogen (secondary N) is 2. The Morgan fingerprint density at radius 1 is 1.25 bits per heavy atom. The molecule has 0 radical (unpaired) electrons. The van der Waals surface area contributed by atoms with E-state index in [1.54, 1.807) is 0 Å². The molecular weight excluding hydrogens is 358 g/mol. The molecule has 28 heavy (non-hydrogen) atoms. The molecule has 2 fully saturated rings. The molecule has 1 spiro atoms. The summed E-state index contributed by atoms with van der Waals surface area (Å²) in [5.41, 5.74) is 2.30. The topological polar surface area (TPSA) is 92.5 Å². The van der Waals surface area contributed by atoms with Crippen molar-refractivity contribution in [2.45, 2.75) is 38.6 Å². The summed E-state index contributed by atoms with van der Waals surface area (Å²) in [4.78, 5) is 14.7. The van der Waals surface area contributed by atoms with Gasteiger partial charge < -0.3 is 24.7 Å². The van der Waals surface area contributed by atoms with Gasteiger partial charge in [0, 0.05) is 25.2 Å². The zero-order valence-electron chi connectivity index (χ0n) is 16.0. The number of nitrogens with zero attached hydrogens (tertiary/aromatic N) is 3. The molecule has 5 rings (SSSR count). The molecule has 1 saturated heterocycles. The summed E-state index contributed by atoms with van der Waals surface area (Å²) in [6, 6.07) is 5.58. The van der Waals surface area contributed by atoms with Gasteiger partial charge in [-0.3, -0.25) is 4.79 Å². The molecule has 8 nitrogen and oxygen atoms in total. The van der Waals surface area contributed by atoms with Crippen molar-refractivity contribution in [3.8, 4) is 17.2 Å². The summed E-state index contributed by atoms with van der Waals surface area (Å²) in [5, 5.41) is 14.5. The highest BCUT2D eigenvalue weighted by molar-refractivity contribution is 5.83. The van der Waals surface area contributed by atoms with Crippen LogP contribution < -0.4 is 15.4 Å². The number of carbonyl (C=O) groups excluding carboxylic acids is 1. The molecule has 1 saturated carbocycles. The summed E-state index contributed by atoms with van der Waals surface area (Å²) in [5.74, 6) is 1.26. The molecule has 8 heteroatoms. The maximum absolute atomic E-state index is 12.7. The van der Waals surface area contributed by atoms with Crippen LogP contribution in [0.2, 0.25) is 0 Å². The highest BCUT2D eigenvalue weighted by Gasteiger charge is 2.45. The SMILES string of the molecule is C[C@@H](Nc1nnc(-c2ccc3c(c2)OCCN3)o1)C(=O)N1CCC2(CC1)CC2. The van der Waals surface area contributed by atoms with E-state index in [0.29, 0.717) is 17.9 Å². The first kappa shape index (κ1) is 17.3. The highest BCUT2D eigenvalue weighted by atomic mass is 16.5. The standard InChI is InChI=1S/C20H25N5O3/c1-13(18(26)25-9-6-20(4-5-20)7-10-25)22-19-24-23-17(28-19)14-2-3-15-16(12-14)27-11-8-21-15/h2-3,12-13,21H,4-11H2,1H3,(H,22,24)/t13-/m1/s1. The van der Waals surface area contributed by atoms with Crippen LogP contribution in [0.3, 0.4) is 0 Å². The van der Waals surface area contributed by atoms with Gasteiger partial charge in [-0.1, -0.05) is 5.10 Å². The fourth-order valence-corrected chi connectivity index (χ4v) is 4.06. The molecule has 3 heterocycles. The van der Waals surface area contributed by atoms with Gasteiger partial charge in [-0.05, 0) is 56.2 Å². The van der Waals surface area contributed by atoms with Crippen molar-refractivity contribution in [3.05, 3.63) is 18.2 Å². The highest BCUT2D eigenvalue weighted by Crippen LogP contribution is 2.53. The number of anilines is 2. The fourth-order valence-electron chi connectivity index (χ4n) is 4.06. The van der Waals surface area contributed by atoms with Crippen LogP contribution in [0.1, 0.15) is 32.6 Å². The third-order valence-electron chi connectivity index (χ3n) is 6.13. The van der Waals surface area contributed by atoms with Crippen molar-refractivity contribution in [2.24, 2.45) is 5.41 Å². The van der Waals surface area contributed by atoms with E-state index in [1.165, 1.54) is 12.8 Å². The summed E-state index contributed by atoms with van der Waals surface area (Å²) in [7, 11) is 0. The Morgan fingerprint density at radius 3 is 2.86 bits per heavy atom. The second-order valence-electron chi connectivity index (χ2n) is 8.09. The summed E-state index contributed by atoms with van der Waals surface area (Å²) < 4.78 is 11.4. The molecule has 1 aromatic carbocycles. The Morgan fingerprint density at radius 2 is 2.07 bits per heavy atom. The lowest BCUT2D eigenvalue weighted by molar-refractivity contribution is -0.133. The monoisotopic (exact) mass is 383 g/mol. The van der Waals surface area contributed by atoms with Gasteiger partial charge in [-0.2, -0.15) is 0 Å². The first-order chi connectivity index (χ1) is 13.6. The lowest BCUT2D eigenvalue weighted by Gasteiger charge is -2.33. The molecular formula is C20H25N5O3. The fraction of sp³-hybridized carbons (Fsp3) is 0.550. The van der Waals surface area contributed by atoms with Crippen LogP contribution in [0, 0.1) is 5.41 Å². The molecule has 2 aliphatic heterocycles. The lowest BCUT2D eigenvalue weighted by atomic mass is 9.93. The quantitative estimate of drug-likeness (QED) is 0.838. The normalized spacial score (nSPS) is 20.7. The van der Waals surface area contributed by atoms with E-state index in [2.05, 4.69) is 20.8 Å². The number of ether oxygens (including phenoxy) is 1. The van der Waals surface area contributed by atoms with Gasteiger partial charge in [-0.15, -0.1) is 5.10 Å². The van der Waals surface area contributed by atoms with Crippen molar-refractivity contribution in [3.63, 3.8) is 0 Å². The van der Waals surface area contributed by atoms with Gasteiger partial charge in [0.15, 0.2) is 0 Å². The number of fused-ring (bicyclic) bond motifs is 1. The zero-order chi connectivity index (χ0) is 19.1. The largest absolute Gasteiger partial charge is 0.490 e. The third-order valence-corrected chi connectivity index (χ3v) is 6.13. The maximum atomic E-state index is 12.7. The van der Waals surface area contributed by atoms with Gasteiger partial charge in [-0.25, -0.2) is 0 Å². The molecule has 3 aliphatic rings. The number of rotatable bonds is 4. The van der Waals surface area contributed by atoms with Gasteiger partial charge in [0.25, 0.3) is 0 Å². The average Bonchev–Trinajstić information content (AvgIpc) is 3.31. The second kappa shape index (κ2) is 6.68. The minimum atomic E-state index is -0.405. The molecule has 1 atom stereocenters. The number of aromatic nitrogens is 2. The van der Waals surface area contributed by atoms with Crippen molar-refractivity contribution in [2.75, 3.05) is 36.9 Å². The number of piperidine rings is 1. The van der Waals surface area contributed by atoms with E-state index in [0.717, 1.165) is 49.5 Å². The molecule has 0 unspecified atom stereocenters. The number of carbonyl (C=O) groups is 1. The van der Waals surface area contributed by atoms with Crippen molar-refractivity contribution >= 4 is 17.6 Å². The Balaban J connectivity index is 1.23. The van der Waals surface area contributed by atoms with E-state index in [9.17, 15) is 4.79 Å². The predicted molar refractivity (Wildman–Crippen MR) is 104 cm³/mol. The smallest absolute Gasteiger partial charge is 0.316 e. The van der Waals surface area contributed by atoms with E-state index in [-0.39, 0.29) is 11.9 Å². The van der Waals surface area contributed by atoms with E-state index >= 15 is 0 Å². The number of amides is 1. The number of likely N-dealkylation sites (tertiary alicyclic amines) is 1. The second-order valence-corrected chi connectivity index (χ2v) is 8.09. The Bertz CT molecular complexity index is 882. The van der Waals surface area contributed by atoms with E-state index < -0.39 is 6.04 Å². The van der Waals surface area contributed by atoms with Gasteiger partial charge in [0.1, 0.15) is 18.4 Å². The Labute approximate surface area is 163 Å². The number of hydrogen-bond donors (Lipinski definition) is 2. The molecule has 1 amide bonds. The molecule has 0 bridgehead atoms. The van der Waals surface area contributed by atoms with Crippen LogP contribution in [0.4, 0.5) is 11.7 Å². The molecule has 1 aromatic heterocycles. The molecule has 2 aromatic rings. The number of hydrogen-bond acceptors (Lipinski definition) is 7. The summed E-state index contributed by atoms with van der Waals surface area (Å²) >= 11 is 0. The minimum Gasteiger partial charge on any atom is -0.490 e. The predicted octanol–water partition coefficient (Wildman–Crippen LogP) is 2.74. The lowest BCUT2D eigenvalue weighted by Crippen LogP contribution is -2.45. The van der Waals surface area contributed by atoms with Gasteiger partial charge in [0.2, 0.25) is 11.8 Å². The molecule has 2 N–H and O–H groups in total. The number of benzene rings is 1. The van der Waals surface area contributed by atoms with Crippen LogP contribution in [-0.2, 0) is 4.79 Å². The summed E-state index contributed by atoms with van der Waals surface area (Å²) in [6.07, 6.45) is 4.92. The molecule has 1 aliphatic carbocycles. The van der Waals surface area contributed by atoms with Crippen molar-refractivity contribution in [1.29, 1.82) is 0 Å². The molecule has 148 valence electrons. The Kier molecular flexibility index (Phi) is 4.14. The first-order valence-corrected chi connectivity index (χ1v) is 10.0. The zero-order valence-corrected chi connectivity index (χ0v) is 16.0. The van der Waals surface area contributed by atoms with Gasteiger partial charge in [0.05, 0.1) is 5.69 Å². The Hall–Kier alpha value is -2.77. The van der Waals surface area contributed by atoms with Crippen molar-refractivity contribution < 1.29 is 13.9 Å². The van der Waals surface area contributed by atoms with Crippen LogP contribution in [-0.4, -0.2) is 53.3 Å². The minimum absolute atomic E-state index is 0.0866. The first-order valence-electron chi connectivity index (χ1n) is 10.0.